The Labute approximate surface area is 298 Å². The van der Waals surface area contributed by atoms with E-state index in [9.17, 15) is 14.7 Å². The van der Waals surface area contributed by atoms with Crippen LogP contribution in [0.25, 0.3) is 5.57 Å². The molecule has 266 valence electrons. The first-order valence-corrected chi connectivity index (χ1v) is 17.4. The molecule has 0 aliphatic carbocycles. The Kier molecular flexibility index (Phi) is 14.0. The Hall–Kier alpha value is -5.25. The normalized spacial score (nSPS) is 17.7. The van der Waals surface area contributed by atoms with Crippen molar-refractivity contribution in [3.05, 3.63) is 143 Å². The summed E-state index contributed by atoms with van der Waals surface area (Å²) in [7, 11) is 0. The zero-order chi connectivity index (χ0) is 35.8. The molecular weight excluding hydrogens is 646 g/mol. The molecule has 1 fully saturated rings. The fourth-order valence-corrected chi connectivity index (χ4v) is 6.05. The topological polar surface area (TPSA) is 135 Å². The maximum absolute atomic E-state index is 10.9. The number of unbranched alkanes of at least 4 members (excludes halogenated alkanes) is 2. The van der Waals surface area contributed by atoms with Crippen LogP contribution in [0.4, 0.5) is 0 Å². The molecular formula is C42H45NO8. The van der Waals surface area contributed by atoms with Crippen molar-refractivity contribution < 1.29 is 39.1 Å². The quantitative estimate of drug-likeness (QED) is 0.0692. The van der Waals surface area contributed by atoms with E-state index < -0.39 is 24.3 Å². The summed E-state index contributed by atoms with van der Waals surface area (Å²) in [6.45, 7) is 0.925. The fraction of sp³-hybridized carbons (Fsp3) is 0.310. The first-order chi connectivity index (χ1) is 24.9. The third-order valence-electron chi connectivity index (χ3n) is 8.78. The highest BCUT2D eigenvalue weighted by atomic mass is 16.7. The summed E-state index contributed by atoms with van der Waals surface area (Å²) in [5.74, 6) is -0.700. The summed E-state index contributed by atoms with van der Waals surface area (Å²) in [4.78, 5) is 26.0. The molecule has 0 amide bonds. The van der Waals surface area contributed by atoms with Crippen molar-refractivity contribution in [2.75, 3.05) is 13.2 Å². The number of allylic oxidation sites excluding steroid dienone is 3. The second kappa shape index (κ2) is 19.2. The number of phenolic OH excluding ortho intramolecular Hbond substituents is 1. The number of aromatic nitrogens is 1. The third kappa shape index (κ3) is 11.4. The van der Waals surface area contributed by atoms with Crippen LogP contribution in [0, 0.1) is 5.92 Å². The van der Waals surface area contributed by atoms with Crippen molar-refractivity contribution >= 4 is 17.5 Å². The number of carboxylic acids is 2. The van der Waals surface area contributed by atoms with Crippen LogP contribution in [0.1, 0.15) is 85.2 Å². The standard InChI is InChI=1S/C42H45NO8/c44-38-14-8-7-13-37(38)41-34(10-3-1-5-15-39(45)46)29-50-42(51-41)32-19-17-30(18-20-32)25-27-49-35-23-21-31(22-24-35)36(33-11-9-26-43-28-33)12-4-2-6-16-40(47)48/h1,3,7-9,11-14,17-24,26,28,34,41-42,44H,2,4-6,10,15-16,25,27,29H2,(H,45,46)(H,47,48)/b3-1-,36-12+/t34-,41+,42+/m1/s1. The van der Waals surface area contributed by atoms with Crippen molar-refractivity contribution in [2.45, 2.75) is 63.8 Å². The summed E-state index contributed by atoms with van der Waals surface area (Å²) in [6, 6.07) is 27.2. The van der Waals surface area contributed by atoms with E-state index in [-0.39, 0.29) is 24.5 Å². The Morgan fingerprint density at radius 3 is 2.35 bits per heavy atom. The number of nitrogens with zero attached hydrogens (tertiary/aromatic N) is 1. The van der Waals surface area contributed by atoms with Gasteiger partial charge in [-0.25, -0.2) is 0 Å². The van der Waals surface area contributed by atoms with Gasteiger partial charge in [0.25, 0.3) is 0 Å². The predicted octanol–water partition coefficient (Wildman–Crippen LogP) is 8.70. The van der Waals surface area contributed by atoms with Gasteiger partial charge in [-0.15, -0.1) is 0 Å². The highest BCUT2D eigenvalue weighted by Crippen LogP contribution is 2.42. The lowest BCUT2D eigenvalue weighted by Crippen LogP contribution is -2.30. The minimum Gasteiger partial charge on any atom is -0.508 e. The minimum absolute atomic E-state index is 0.0467. The first kappa shape index (κ1) is 37.0. The molecule has 51 heavy (non-hydrogen) atoms. The van der Waals surface area contributed by atoms with Crippen LogP contribution < -0.4 is 4.74 Å². The second-order valence-electron chi connectivity index (χ2n) is 12.5. The summed E-state index contributed by atoms with van der Waals surface area (Å²) >= 11 is 0. The first-order valence-electron chi connectivity index (χ1n) is 17.4. The van der Waals surface area contributed by atoms with Crippen molar-refractivity contribution in [1.29, 1.82) is 0 Å². The van der Waals surface area contributed by atoms with Gasteiger partial charge < -0.3 is 29.5 Å². The number of hydrogen-bond donors (Lipinski definition) is 3. The number of rotatable bonds is 18. The Balaban J connectivity index is 1.15. The Bertz CT molecular complexity index is 1750. The molecule has 0 unspecified atom stereocenters. The molecule has 9 nitrogen and oxygen atoms in total. The molecule has 9 heteroatoms. The highest BCUT2D eigenvalue weighted by Gasteiger charge is 2.34. The van der Waals surface area contributed by atoms with Gasteiger partial charge in [-0.1, -0.05) is 78.9 Å². The van der Waals surface area contributed by atoms with Crippen molar-refractivity contribution in [2.24, 2.45) is 5.92 Å². The molecule has 0 radical (unpaired) electrons. The zero-order valence-corrected chi connectivity index (χ0v) is 28.6. The zero-order valence-electron chi connectivity index (χ0n) is 28.6. The van der Waals surface area contributed by atoms with E-state index in [1.165, 1.54) is 0 Å². The van der Waals surface area contributed by atoms with Crippen LogP contribution in [-0.4, -0.2) is 45.5 Å². The van der Waals surface area contributed by atoms with Crippen LogP contribution in [0.2, 0.25) is 0 Å². The SMILES string of the molecule is O=C(O)CC/C=C\C[C@@H]1CO[C@H](c2ccc(CCOc3ccc(/C(=C\CCCCC(=O)O)c4cccnc4)cc3)cc2)O[C@@H]1c1ccccc1O. The van der Waals surface area contributed by atoms with Crippen LogP contribution >= 0.6 is 0 Å². The van der Waals surface area contributed by atoms with Gasteiger partial charge >= 0.3 is 11.9 Å². The lowest BCUT2D eigenvalue weighted by atomic mass is 9.91. The summed E-state index contributed by atoms with van der Waals surface area (Å²) in [5.41, 5.74) is 5.80. The van der Waals surface area contributed by atoms with Crippen LogP contribution in [0.15, 0.2) is 116 Å². The summed E-state index contributed by atoms with van der Waals surface area (Å²) in [5, 5.41) is 28.4. The number of carbonyl (C=O) groups is 2. The molecule has 1 aliphatic rings. The Morgan fingerprint density at radius 2 is 1.63 bits per heavy atom. The molecule has 4 aromatic rings. The average Bonchev–Trinajstić information content (AvgIpc) is 3.14. The van der Waals surface area contributed by atoms with Gasteiger partial charge in [0.15, 0.2) is 6.29 Å². The number of pyridine rings is 1. The van der Waals surface area contributed by atoms with Crippen LogP contribution in [0.5, 0.6) is 11.5 Å². The van der Waals surface area contributed by atoms with Crippen LogP contribution in [0.3, 0.4) is 0 Å². The molecule has 3 atom stereocenters. The van der Waals surface area contributed by atoms with Gasteiger partial charge in [0.1, 0.15) is 11.5 Å². The van der Waals surface area contributed by atoms with Gasteiger partial charge in [0.05, 0.1) is 19.3 Å². The number of benzene rings is 3. The molecule has 1 aliphatic heterocycles. The molecule has 0 bridgehead atoms. The van der Waals surface area contributed by atoms with E-state index in [1.54, 1.807) is 18.3 Å². The van der Waals surface area contributed by atoms with Gasteiger partial charge in [0, 0.05) is 54.3 Å². The van der Waals surface area contributed by atoms with Gasteiger partial charge in [-0.2, -0.15) is 0 Å². The number of para-hydroxylation sites is 1. The molecule has 3 N–H and O–H groups in total. The van der Waals surface area contributed by atoms with Gasteiger partial charge in [0.2, 0.25) is 0 Å². The molecule has 0 spiro atoms. The van der Waals surface area contributed by atoms with E-state index in [4.69, 9.17) is 24.4 Å². The van der Waals surface area contributed by atoms with Crippen molar-refractivity contribution in [1.82, 2.24) is 4.98 Å². The Morgan fingerprint density at radius 1 is 0.843 bits per heavy atom. The number of ether oxygens (including phenoxy) is 3. The second-order valence-corrected chi connectivity index (χ2v) is 12.5. The highest BCUT2D eigenvalue weighted by molar-refractivity contribution is 5.79. The monoisotopic (exact) mass is 691 g/mol. The van der Waals surface area contributed by atoms with Gasteiger partial charge in [-0.3, -0.25) is 14.6 Å². The van der Waals surface area contributed by atoms with Gasteiger partial charge in [-0.05, 0) is 73.1 Å². The lowest BCUT2D eigenvalue weighted by Gasteiger charge is -2.37. The molecule has 5 rings (SSSR count). The summed E-state index contributed by atoms with van der Waals surface area (Å²) < 4.78 is 18.7. The van der Waals surface area contributed by atoms with E-state index in [1.807, 2.05) is 91.1 Å². The fourth-order valence-electron chi connectivity index (χ4n) is 6.05. The number of aliphatic carboxylic acids is 2. The smallest absolute Gasteiger partial charge is 0.303 e. The van der Waals surface area contributed by atoms with E-state index in [2.05, 4.69) is 11.1 Å². The molecule has 1 aromatic heterocycles. The number of aromatic hydroxyl groups is 1. The number of phenols is 1. The van der Waals surface area contributed by atoms with E-state index in [0.29, 0.717) is 44.5 Å². The molecule has 3 aromatic carbocycles. The predicted molar refractivity (Wildman–Crippen MR) is 194 cm³/mol. The average molecular weight is 692 g/mol. The number of hydrogen-bond acceptors (Lipinski definition) is 7. The van der Waals surface area contributed by atoms with E-state index in [0.717, 1.165) is 46.4 Å². The molecule has 2 heterocycles. The van der Waals surface area contributed by atoms with Crippen molar-refractivity contribution in [3.8, 4) is 11.5 Å². The largest absolute Gasteiger partial charge is 0.508 e. The maximum Gasteiger partial charge on any atom is 0.303 e. The third-order valence-corrected chi connectivity index (χ3v) is 8.78. The number of carboxylic acid groups (broad SMARTS) is 2. The minimum atomic E-state index is -0.826. The lowest BCUT2D eigenvalue weighted by molar-refractivity contribution is -0.244. The summed E-state index contributed by atoms with van der Waals surface area (Å²) in [6.07, 6.45) is 12.9. The van der Waals surface area contributed by atoms with Crippen molar-refractivity contribution in [3.63, 3.8) is 0 Å². The molecule has 0 saturated carbocycles. The van der Waals surface area contributed by atoms with Crippen LogP contribution in [-0.2, 0) is 25.5 Å². The van der Waals surface area contributed by atoms with E-state index >= 15 is 0 Å². The maximum atomic E-state index is 10.9. The molecule has 1 saturated heterocycles.